The van der Waals surface area contributed by atoms with Crippen LogP contribution in [0.5, 0.6) is 5.75 Å². The van der Waals surface area contributed by atoms with Gasteiger partial charge in [0.1, 0.15) is 12.4 Å². The van der Waals surface area contributed by atoms with Gasteiger partial charge in [-0.15, -0.1) is 0 Å². The fraction of sp³-hybridized carbons (Fsp3) is 0.333. The summed E-state index contributed by atoms with van der Waals surface area (Å²) in [7, 11) is 0. The van der Waals surface area contributed by atoms with Crippen molar-refractivity contribution in [2.75, 3.05) is 26.2 Å². The maximum absolute atomic E-state index is 5.91. The number of hydrogen-bond acceptors (Lipinski definition) is 4. The van der Waals surface area contributed by atoms with E-state index in [0.717, 1.165) is 41.4 Å². The molecule has 0 aliphatic carbocycles. The number of pyridine rings is 1. The van der Waals surface area contributed by atoms with Crippen molar-refractivity contribution in [2.24, 2.45) is 0 Å². The Morgan fingerprint density at radius 1 is 0.923 bits per heavy atom. The number of aromatic nitrogens is 3. The van der Waals surface area contributed by atoms with Crippen LogP contribution in [0.2, 0.25) is 0 Å². The van der Waals surface area contributed by atoms with Gasteiger partial charge in [0.2, 0.25) is 0 Å². The van der Waals surface area contributed by atoms with Gasteiger partial charge < -0.3 is 4.74 Å². The maximum Gasteiger partial charge on any atom is 0.119 e. The minimum Gasteiger partial charge on any atom is -0.492 e. The summed E-state index contributed by atoms with van der Waals surface area (Å²) in [5.74, 6) is 0.912. The van der Waals surface area contributed by atoms with Gasteiger partial charge in [-0.3, -0.25) is 15.0 Å². The molecule has 0 atom stereocenters. The van der Waals surface area contributed by atoms with Crippen molar-refractivity contribution in [3.63, 3.8) is 0 Å². The summed E-state index contributed by atoms with van der Waals surface area (Å²) in [5, 5.41) is 7.00. The third-order valence-electron chi connectivity index (χ3n) is 4.85. The average Bonchev–Trinajstić information content (AvgIpc) is 3.24. The number of rotatable bonds is 6. The normalized spacial score (nSPS) is 15.1. The second-order valence-corrected chi connectivity index (χ2v) is 6.68. The SMILES string of the molecule is c1cc(-c2ccnc(-c3ccc(OCCN4CCCCC4)cc3)c2)[nH]n1. The van der Waals surface area contributed by atoms with Gasteiger partial charge in [0.25, 0.3) is 0 Å². The Balaban J connectivity index is 1.37. The van der Waals surface area contributed by atoms with E-state index in [0.29, 0.717) is 0 Å². The van der Waals surface area contributed by atoms with Gasteiger partial charge in [-0.1, -0.05) is 6.42 Å². The summed E-state index contributed by atoms with van der Waals surface area (Å²) in [6, 6.07) is 14.2. The Labute approximate surface area is 154 Å². The molecular weight excluding hydrogens is 324 g/mol. The van der Waals surface area contributed by atoms with Gasteiger partial charge in [0.15, 0.2) is 0 Å². The van der Waals surface area contributed by atoms with E-state index >= 15 is 0 Å². The zero-order valence-electron chi connectivity index (χ0n) is 14.9. The average molecular weight is 348 g/mol. The molecule has 1 N–H and O–H groups in total. The predicted octanol–water partition coefficient (Wildman–Crippen LogP) is 4.00. The number of nitrogens with zero attached hydrogens (tertiary/aromatic N) is 3. The van der Waals surface area contributed by atoms with Crippen molar-refractivity contribution < 1.29 is 4.74 Å². The minimum atomic E-state index is 0.743. The second kappa shape index (κ2) is 8.15. The van der Waals surface area contributed by atoms with E-state index in [9.17, 15) is 0 Å². The van der Waals surface area contributed by atoms with Crippen LogP contribution >= 0.6 is 0 Å². The lowest BCUT2D eigenvalue weighted by molar-refractivity contribution is 0.183. The van der Waals surface area contributed by atoms with Gasteiger partial charge in [-0.2, -0.15) is 5.10 Å². The zero-order chi connectivity index (χ0) is 17.6. The molecule has 0 radical (unpaired) electrons. The summed E-state index contributed by atoms with van der Waals surface area (Å²) >= 11 is 0. The number of nitrogens with one attached hydrogen (secondary N) is 1. The number of aromatic amines is 1. The predicted molar refractivity (Wildman–Crippen MR) is 103 cm³/mol. The van der Waals surface area contributed by atoms with E-state index in [-0.39, 0.29) is 0 Å². The number of H-pyrrole nitrogens is 1. The molecule has 1 aliphatic heterocycles. The third-order valence-corrected chi connectivity index (χ3v) is 4.85. The molecule has 0 amide bonds. The minimum absolute atomic E-state index is 0.743. The molecule has 26 heavy (non-hydrogen) atoms. The van der Waals surface area contributed by atoms with Crippen LogP contribution in [0.1, 0.15) is 19.3 Å². The quantitative estimate of drug-likeness (QED) is 0.731. The molecule has 0 bridgehead atoms. The van der Waals surface area contributed by atoms with Crippen LogP contribution in [-0.4, -0.2) is 46.3 Å². The van der Waals surface area contributed by atoms with Crippen molar-refractivity contribution in [2.45, 2.75) is 19.3 Å². The summed E-state index contributed by atoms with van der Waals surface area (Å²) in [5.41, 5.74) is 4.09. The van der Waals surface area contributed by atoms with Gasteiger partial charge in [0, 0.05) is 30.1 Å². The first-order chi connectivity index (χ1) is 12.9. The second-order valence-electron chi connectivity index (χ2n) is 6.68. The molecule has 1 saturated heterocycles. The molecule has 5 heteroatoms. The molecule has 5 nitrogen and oxygen atoms in total. The van der Waals surface area contributed by atoms with Crippen LogP contribution in [-0.2, 0) is 0 Å². The molecule has 3 heterocycles. The monoisotopic (exact) mass is 348 g/mol. The van der Waals surface area contributed by atoms with Crippen molar-refractivity contribution in [3.8, 4) is 28.3 Å². The molecular formula is C21H24N4O. The smallest absolute Gasteiger partial charge is 0.119 e. The van der Waals surface area contributed by atoms with Gasteiger partial charge in [-0.25, -0.2) is 0 Å². The van der Waals surface area contributed by atoms with Crippen LogP contribution in [0.15, 0.2) is 54.9 Å². The standard InChI is InChI=1S/C21H24N4O/c1-2-12-25(13-3-1)14-15-26-19-6-4-17(5-7-19)21-16-18(8-10-22-21)20-9-11-23-24-20/h4-11,16H,1-3,12-15H2,(H,23,24). The largest absolute Gasteiger partial charge is 0.492 e. The highest BCUT2D eigenvalue weighted by molar-refractivity contribution is 5.68. The van der Waals surface area contributed by atoms with Crippen LogP contribution in [0, 0.1) is 0 Å². The number of benzene rings is 1. The zero-order valence-corrected chi connectivity index (χ0v) is 14.9. The summed E-state index contributed by atoms with van der Waals surface area (Å²) in [6.45, 7) is 4.17. The molecule has 1 aromatic carbocycles. The van der Waals surface area contributed by atoms with Crippen molar-refractivity contribution >= 4 is 0 Å². The first-order valence-electron chi connectivity index (χ1n) is 9.30. The van der Waals surface area contributed by atoms with Gasteiger partial charge in [-0.05, 0) is 68.4 Å². The Kier molecular flexibility index (Phi) is 5.26. The summed E-state index contributed by atoms with van der Waals surface area (Å²) < 4.78 is 5.91. The highest BCUT2D eigenvalue weighted by Gasteiger charge is 2.09. The molecule has 0 spiro atoms. The number of hydrogen-bond donors (Lipinski definition) is 1. The van der Waals surface area contributed by atoms with Crippen molar-refractivity contribution in [1.82, 2.24) is 20.1 Å². The summed E-state index contributed by atoms with van der Waals surface area (Å²) in [6.07, 6.45) is 7.59. The molecule has 3 aromatic rings. The Morgan fingerprint density at radius 3 is 2.54 bits per heavy atom. The van der Waals surface area contributed by atoms with Gasteiger partial charge >= 0.3 is 0 Å². The fourth-order valence-corrected chi connectivity index (χ4v) is 3.37. The maximum atomic E-state index is 5.91. The van der Waals surface area contributed by atoms with Crippen LogP contribution < -0.4 is 4.74 Å². The molecule has 2 aromatic heterocycles. The van der Waals surface area contributed by atoms with Crippen LogP contribution in [0.3, 0.4) is 0 Å². The molecule has 1 aliphatic rings. The molecule has 1 fully saturated rings. The van der Waals surface area contributed by atoms with Crippen molar-refractivity contribution in [3.05, 3.63) is 54.9 Å². The first kappa shape index (κ1) is 16.8. The molecule has 0 unspecified atom stereocenters. The molecule has 4 rings (SSSR count). The summed E-state index contributed by atoms with van der Waals surface area (Å²) in [4.78, 5) is 6.98. The highest BCUT2D eigenvalue weighted by Crippen LogP contribution is 2.24. The topological polar surface area (TPSA) is 54.0 Å². The Hall–Kier alpha value is -2.66. The lowest BCUT2D eigenvalue weighted by Crippen LogP contribution is -2.33. The van der Waals surface area contributed by atoms with Gasteiger partial charge in [0.05, 0.1) is 11.4 Å². The van der Waals surface area contributed by atoms with Crippen LogP contribution in [0.25, 0.3) is 22.5 Å². The Morgan fingerprint density at radius 2 is 1.77 bits per heavy atom. The van der Waals surface area contributed by atoms with Crippen LogP contribution in [0.4, 0.5) is 0 Å². The van der Waals surface area contributed by atoms with E-state index < -0.39 is 0 Å². The number of ether oxygens (including phenoxy) is 1. The van der Waals surface area contributed by atoms with E-state index in [2.05, 4.69) is 38.3 Å². The molecule has 134 valence electrons. The van der Waals surface area contributed by atoms with E-state index in [1.165, 1.54) is 32.4 Å². The Bertz CT molecular complexity index is 808. The molecule has 0 saturated carbocycles. The van der Waals surface area contributed by atoms with Crippen molar-refractivity contribution in [1.29, 1.82) is 0 Å². The first-order valence-corrected chi connectivity index (χ1v) is 9.30. The van der Waals surface area contributed by atoms with E-state index in [4.69, 9.17) is 4.74 Å². The lowest BCUT2D eigenvalue weighted by atomic mass is 10.1. The lowest BCUT2D eigenvalue weighted by Gasteiger charge is -2.26. The number of piperidine rings is 1. The number of likely N-dealkylation sites (tertiary alicyclic amines) is 1. The van der Waals surface area contributed by atoms with E-state index in [1.54, 1.807) is 6.20 Å². The highest BCUT2D eigenvalue weighted by atomic mass is 16.5. The van der Waals surface area contributed by atoms with E-state index in [1.807, 2.05) is 30.5 Å². The third kappa shape index (κ3) is 4.11. The fourth-order valence-electron chi connectivity index (χ4n) is 3.37.